The Labute approximate surface area is 68.3 Å². The molecule has 0 aromatic rings. The second kappa shape index (κ2) is 2.37. The van der Waals surface area contributed by atoms with Crippen LogP contribution in [0, 0.1) is 0 Å². The number of hydrogen-bond acceptors (Lipinski definition) is 1. The number of alkyl halides is 3. The molecule has 5 heteroatoms. The van der Waals surface area contributed by atoms with Gasteiger partial charge in [0.15, 0.2) is 0 Å². The molecule has 0 radical (unpaired) electrons. The third-order valence-electron chi connectivity index (χ3n) is 2.17. The number of carbonyl (C=O) groups excluding carboxylic acids is 1. The van der Waals surface area contributed by atoms with E-state index in [1.807, 2.05) is 0 Å². The molecule has 0 atom stereocenters. The number of likely N-dealkylation sites (tertiary alicyclic amines) is 1. The molecule has 0 unspecified atom stereocenters. The summed E-state index contributed by atoms with van der Waals surface area (Å²) in [6, 6.07) is 0. The molecule has 2 nitrogen and oxygen atoms in total. The zero-order valence-corrected chi connectivity index (χ0v) is 6.90. The number of hydrogen-bond donors (Lipinski definition) is 0. The van der Waals surface area contributed by atoms with Gasteiger partial charge in [0.1, 0.15) is 0 Å². The second-order valence-corrected chi connectivity index (χ2v) is 3.52. The Morgan fingerprint density at radius 3 is 2.00 bits per heavy atom. The molecule has 1 fully saturated rings. The van der Waals surface area contributed by atoms with Crippen LogP contribution in [0.25, 0.3) is 0 Å². The summed E-state index contributed by atoms with van der Waals surface area (Å²) < 4.78 is 35.6. The van der Waals surface area contributed by atoms with Crippen LogP contribution in [0.4, 0.5) is 13.2 Å². The minimum Gasteiger partial charge on any atom is -0.330 e. The minimum atomic E-state index is -4.72. The van der Waals surface area contributed by atoms with Gasteiger partial charge < -0.3 is 4.90 Å². The number of rotatable bonds is 0. The van der Waals surface area contributed by atoms with Crippen molar-refractivity contribution in [2.24, 2.45) is 0 Å². The second-order valence-electron chi connectivity index (χ2n) is 3.52. The van der Waals surface area contributed by atoms with Crippen molar-refractivity contribution in [3.63, 3.8) is 0 Å². The van der Waals surface area contributed by atoms with Gasteiger partial charge in [-0.3, -0.25) is 4.79 Å². The zero-order chi connectivity index (χ0) is 9.57. The molecule has 0 saturated carbocycles. The molecule has 1 saturated heterocycles. The van der Waals surface area contributed by atoms with Crippen LogP contribution >= 0.6 is 0 Å². The number of carbonyl (C=O) groups is 1. The molecule has 0 bridgehead atoms. The van der Waals surface area contributed by atoms with Crippen LogP contribution < -0.4 is 0 Å². The lowest BCUT2D eigenvalue weighted by Crippen LogP contribution is -2.61. The molecule has 1 amide bonds. The van der Waals surface area contributed by atoms with E-state index in [2.05, 4.69) is 0 Å². The maximum atomic E-state index is 11.9. The summed E-state index contributed by atoms with van der Waals surface area (Å²) in [5, 5.41) is 0. The van der Waals surface area contributed by atoms with Gasteiger partial charge >= 0.3 is 12.1 Å². The molecule has 1 rings (SSSR count). The highest BCUT2D eigenvalue weighted by Crippen LogP contribution is 2.33. The molecular weight excluding hydrogens is 171 g/mol. The van der Waals surface area contributed by atoms with E-state index >= 15 is 0 Å². The van der Waals surface area contributed by atoms with E-state index in [0.717, 1.165) is 4.90 Å². The fourth-order valence-electron chi connectivity index (χ4n) is 1.20. The average Bonchev–Trinajstić information content (AvgIpc) is 1.83. The maximum Gasteiger partial charge on any atom is 0.471 e. The third kappa shape index (κ3) is 1.40. The van der Waals surface area contributed by atoms with E-state index in [4.69, 9.17) is 0 Å². The highest BCUT2D eigenvalue weighted by Gasteiger charge is 2.50. The zero-order valence-electron chi connectivity index (χ0n) is 6.90. The van der Waals surface area contributed by atoms with E-state index in [1.165, 1.54) is 0 Å². The van der Waals surface area contributed by atoms with Gasteiger partial charge in [-0.1, -0.05) is 0 Å². The lowest BCUT2D eigenvalue weighted by molar-refractivity contribution is -0.198. The standard InChI is InChI=1S/C7H10F3NO/c1-6(2)3-4-11(6)5(12)7(8,9)10/h3-4H2,1-2H3. The smallest absolute Gasteiger partial charge is 0.330 e. The highest BCUT2D eigenvalue weighted by atomic mass is 19.4. The van der Waals surface area contributed by atoms with Crippen molar-refractivity contribution in [2.45, 2.75) is 32.0 Å². The van der Waals surface area contributed by atoms with Gasteiger partial charge in [0.05, 0.1) is 0 Å². The van der Waals surface area contributed by atoms with Gasteiger partial charge in [-0.15, -0.1) is 0 Å². The Kier molecular flexibility index (Phi) is 1.85. The topological polar surface area (TPSA) is 20.3 Å². The van der Waals surface area contributed by atoms with Gasteiger partial charge in [0, 0.05) is 12.1 Å². The number of amides is 1. The van der Waals surface area contributed by atoms with E-state index < -0.39 is 17.6 Å². The maximum absolute atomic E-state index is 11.9. The van der Waals surface area contributed by atoms with Crippen LogP contribution in [0.2, 0.25) is 0 Å². The SMILES string of the molecule is CC1(C)CCN1C(=O)C(F)(F)F. The fourth-order valence-corrected chi connectivity index (χ4v) is 1.20. The highest BCUT2D eigenvalue weighted by molar-refractivity contribution is 5.83. The van der Waals surface area contributed by atoms with Crippen LogP contribution in [-0.4, -0.2) is 29.1 Å². The van der Waals surface area contributed by atoms with E-state index in [9.17, 15) is 18.0 Å². The van der Waals surface area contributed by atoms with E-state index in [1.54, 1.807) is 13.8 Å². The van der Waals surface area contributed by atoms with Gasteiger partial charge in [-0.2, -0.15) is 13.2 Å². The predicted octanol–water partition coefficient (Wildman–Crippen LogP) is 1.56. The number of nitrogens with zero attached hydrogens (tertiary/aromatic N) is 1. The largest absolute Gasteiger partial charge is 0.471 e. The van der Waals surface area contributed by atoms with Gasteiger partial charge in [-0.05, 0) is 20.3 Å². The lowest BCUT2D eigenvalue weighted by Gasteiger charge is -2.48. The van der Waals surface area contributed by atoms with Crippen molar-refractivity contribution in [1.29, 1.82) is 0 Å². The van der Waals surface area contributed by atoms with Crippen LogP contribution in [0.5, 0.6) is 0 Å². The summed E-state index contributed by atoms with van der Waals surface area (Å²) in [6.07, 6.45) is -4.09. The molecule has 0 spiro atoms. The van der Waals surface area contributed by atoms with Crippen LogP contribution in [0.15, 0.2) is 0 Å². The Balaban J connectivity index is 2.67. The summed E-state index contributed by atoms with van der Waals surface area (Å²) in [5.41, 5.74) is -0.618. The summed E-state index contributed by atoms with van der Waals surface area (Å²) in [5.74, 6) is -1.72. The Bertz CT molecular complexity index is 209. The van der Waals surface area contributed by atoms with Crippen LogP contribution in [0.3, 0.4) is 0 Å². The first-order valence-electron chi connectivity index (χ1n) is 3.64. The Morgan fingerprint density at radius 1 is 1.42 bits per heavy atom. The third-order valence-corrected chi connectivity index (χ3v) is 2.17. The molecule has 1 heterocycles. The monoisotopic (exact) mass is 181 g/mol. The first-order chi connectivity index (χ1) is 5.25. The predicted molar refractivity (Wildman–Crippen MR) is 36.5 cm³/mol. The first kappa shape index (κ1) is 9.35. The van der Waals surface area contributed by atoms with Crippen LogP contribution in [0.1, 0.15) is 20.3 Å². The quantitative estimate of drug-likeness (QED) is 0.555. The number of halogens is 3. The van der Waals surface area contributed by atoms with Gasteiger partial charge in [0.2, 0.25) is 0 Å². The average molecular weight is 181 g/mol. The summed E-state index contributed by atoms with van der Waals surface area (Å²) in [7, 11) is 0. The van der Waals surface area contributed by atoms with E-state index in [-0.39, 0.29) is 6.54 Å². The van der Waals surface area contributed by atoms with Crippen molar-refractivity contribution >= 4 is 5.91 Å². The van der Waals surface area contributed by atoms with Crippen molar-refractivity contribution in [3.8, 4) is 0 Å². The molecule has 1 aliphatic rings. The molecule has 70 valence electrons. The fraction of sp³-hybridized carbons (Fsp3) is 0.857. The van der Waals surface area contributed by atoms with Crippen molar-refractivity contribution in [3.05, 3.63) is 0 Å². The molecule has 0 aromatic carbocycles. The summed E-state index contributed by atoms with van der Waals surface area (Å²) in [6.45, 7) is 3.46. The molecule has 0 aromatic heterocycles. The van der Waals surface area contributed by atoms with E-state index in [0.29, 0.717) is 6.42 Å². The lowest BCUT2D eigenvalue weighted by atomic mass is 9.89. The van der Waals surface area contributed by atoms with Gasteiger partial charge in [0.25, 0.3) is 0 Å². The normalized spacial score (nSPS) is 21.9. The summed E-state index contributed by atoms with van der Waals surface area (Å²) in [4.78, 5) is 11.5. The van der Waals surface area contributed by atoms with Gasteiger partial charge in [-0.25, -0.2) is 0 Å². The first-order valence-corrected chi connectivity index (χ1v) is 3.64. The molecule has 12 heavy (non-hydrogen) atoms. The Hall–Kier alpha value is -0.740. The molecule has 0 N–H and O–H groups in total. The van der Waals surface area contributed by atoms with Crippen molar-refractivity contribution < 1.29 is 18.0 Å². The Morgan fingerprint density at radius 2 is 1.92 bits per heavy atom. The van der Waals surface area contributed by atoms with Crippen molar-refractivity contribution in [2.75, 3.05) is 6.54 Å². The van der Waals surface area contributed by atoms with Crippen molar-refractivity contribution in [1.82, 2.24) is 4.90 Å². The molecule has 1 aliphatic heterocycles. The van der Waals surface area contributed by atoms with Crippen LogP contribution in [-0.2, 0) is 4.79 Å². The minimum absolute atomic E-state index is 0.214. The molecule has 0 aliphatic carbocycles. The molecular formula is C7H10F3NO. The summed E-state index contributed by atoms with van der Waals surface area (Å²) >= 11 is 0.